The first-order valence-corrected chi connectivity index (χ1v) is 16.2. The number of thiophene rings is 1. The van der Waals surface area contributed by atoms with Crippen molar-refractivity contribution in [2.45, 2.75) is 54.6 Å². The third kappa shape index (κ3) is 7.14. The zero-order valence-corrected chi connectivity index (χ0v) is 24.4. The molecule has 0 radical (unpaired) electrons. The highest BCUT2D eigenvalue weighted by molar-refractivity contribution is 7.92. The number of anilines is 1. The lowest BCUT2D eigenvalue weighted by Gasteiger charge is -2.23. The Morgan fingerprint density at radius 1 is 1.15 bits per heavy atom. The monoisotopic (exact) mass is 624 g/mol. The number of imide groups is 1. The summed E-state index contributed by atoms with van der Waals surface area (Å²) in [6, 6.07) is 7.94. The molecule has 3 aromatic rings. The maximum Gasteiger partial charge on any atom is 0.345 e. The van der Waals surface area contributed by atoms with Crippen LogP contribution in [-0.4, -0.2) is 48.9 Å². The maximum atomic E-state index is 12.9. The molecule has 41 heavy (non-hydrogen) atoms. The second kappa shape index (κ2) is 12.7. The highest BCUT2D eigenvalue weighted by Crippen LogP contribution is 2.37. The summed E-state index contributed by atoms with van der Waals surface area (Å²) < 4.78 is 40.9. The number of benzene rings is 1. The fourth-order valence-electron chi connectivity index (χ4n) is 4.31. The molecule has 16 heteroatoms. The van der Waals surface area contributed by atoms with Crippen LogP contribution in [0.2, 0.25) is 0 Å². The molecule has 1 aromatic carbocycles. The molecule has 220 valence electrons. The molecule has 1 saturated heterocycles. The molecule has 1 unspecified atom stereocenters. The minimum atomic E-state index is -4.10. The number of sulfonamides is 1. The van der Waals surface area contributed by atoms with Crippen LogP contribution in [0.4, 0.5) is 5.69 Å². The first-order valence-electron chi connectivity index (χ1n) is 12.6. The molecule has 0 spiro atoms. The summed E-state index contributed by atoms with van der Waals surface area (Å²) in [6.45, 7) is 3.28. The van der Waals surface area contributed by atoms with Crippen molar-refractivity contribution in [2.24, 2.45) is 10.3 Å². The second-order valence-electron chi connectivity index (χ2n) is 9.21. The van der Waals surface area contributed by atoms with E-state index < -0.39 is 44.8 Å². The Hall–Kier alpha value is -3.28. The van der Waals surface area contributed by atoms with Crippen LogP contribution in [-0.2, 0) is 40.6 Å². The van der Waals surface area contributed by atoms with Crippen molar-refractivity contribution in [1.29, 1.82) is 0 Å². The minimum Gasteiger partial charge on any atom is -0.593 e. The van der Waals surface area contributed by atoms with Crippen LogP contribution in [0, 0.1) is 0 Å². The van der Waals surface area contributed by atoms with E-state index in [0.717, 1.165) is 18.2 Å². The van der Waals surface area contributed by atoms with E-state index >= 15 is 0 Å². The Labute approximate surface area is 242 Å². The van der Waals surface area contributed by atoms with E-state index in [1.54, 1.807) is 12.1 Å². The smallest absolute Gasteiger partial charge is 0.345 e. The highest BCUT2D eigenvalue weighted by Gasteiger charge is 2.32. The summed E-state index contributed by atoms with van der Waals surface area (Å²) in [7, 11) is -4.10. The van der Waals surface area contributed by atoms with Crippen molar-refractivity contribution in [3.05, 3.63) is 40.8 Å². The van der Waals surface area contributed by atoms with Gasteiger partial charge in [-0.05, 0) is 38.0 Å². The van der Waals surface area contributed by atoms with E-state index in [0.29, 0.717) is 53.3 Å². The van der Waals surface area contributed by atoms with E-state index in [2.05, 4.69) is 4.90 Å². The van der Waals surface area contributed by atoms with Gasteiger partial charge in [-0.3, -0.25) is 9.59 Å². The average molecular weight is 625 g/mol. The number of fused-ring (bicyclic) bond motifs is 1. The van der Waals surface area contributed by atoms with Gasteiger partial charge < -0.3 is 18.7 Å². The van der Waals surface area contributed by atoms with Crippen LogP contribution in [0.15, 0.2) is 48.6 Å². The minimum absolute atomic E-state index is 0.0169. The summed E-state index contributed by atoms with van der Waals surface area (Å²) >= 11 is -1.38. The molecule has 1 atom stereocenters. The molecule has 0 bridgehead atoms. The van der Waals surface area contributed by atoms with Crippen LogP contribution in [0.1, 0.15) is 45.4 Å². The van der Waals surface area contributed by atoms with Crippen LogP contribution >= 0.6 is 11.3 Å². The SMILES string of the molecule is CCN(CCCCCC(=O)ON1C(=O)CCC1=O)c1ccc2cc(-c3sc(S(N)(=O)=O)cc3[S+](N)[O-])c(=O)oc2c1. The van der Waals surface area contributed by atoms with Gasteiger partial charge in [-0.15, -0.1) is 21.5 Å². The number of primary sulfonamides is 1. The number of nitrogens with two attached hydrogens (primary N) is 2. The largest absolute Gasteiger partial charge is 0.593 e. The Morgan fingerprint density at radius 3 is 2.49 bits per heavy atom. The van der Waals surface area contributed by atoms with Gasteiger partial charge in [-0.1, -0.05) is 6.42 Å². The van der Waals surface area contributed by atoms with E-state index in [1.807, 2.05) is 13.0 Å². The molecule has 1 fully saturated rings. The van der Waals surface area contributed by atoms with Crippen molar-refractivity contribution < 1.29 is 36.6 Å². The predicted molar refractivity (Wildman–Crippen MR) is 151 cm³/mol. The van der Waals surface area contributed by atoms with E-state index in [-0.39, 0.29) is 38.8 Å². The zero-order valence-electron chi connectivity index (χ0n) is 22.0. The van der Waals surface area contributed by atoms with E-state index in [4.69, 9.17) is 19.5 Å². The first kappa shape index (κ1) is 30.7. The van der Waals surface area contributed by atoms with Crippen LogP contribution < -0.4 is 20.8 Å². The normalized spacial score (nSPS) is 14.6. The van der Waals surface area contributed by atoms with Crippen molar-refractivity contribution in [1.82, 2.24) is 5.06 Å². The molecule has 4 N–H and O–H groups in total. The maximum absolute atomic E-state index is 12.9. The fourth-order valence-corrected chi connectivity index (χ4v) is 7.14. The molecule has 13 nitrogen and oxygen atoms in total. The van der Waals surface area contributed by atoms with Crippen molar-refractivity contribution in [2.75, 3.05) is 18.0 Å². The molecule has 3 heterocycles. The number of carbonyl (C=O) groups is 3. The number of rotatable bonds is 12. The molecular formula is C25H28N4O9S3. The quantitative estimate of drug-likeness (QED) is 0.129. The average Bonchev–Trinajstić information content (AvgIpc) is 3.50. The Morgan fingerprint density at radius 2 is 1.85 bits per heavy atom. The van der Waals surface area contributed by atoms with Gasteiger partial charge in [0.1, 0.15) is 14.7 Å². The number of unbranched alkanes of at least 4 members (excludes halogenated alkanes) is 2. The number of amides is 2. The molecule has 1 aliphatic rings. The lowest BCUT2D eigenvalue weighted by atomic mass is 10.1. The van der Waals surface area contributed by atoms with Crippen molar-refractivity contribution in [3.63, 3.8) is 0 Å². The van der Waals surface area contributed by atoms with E-state index in [1.165, 1.54) is 6.07 Å². The number of hydrogen-bond acceptors (Lipinski definition) is 12. The van der Waals surface area contributed by atoms with E-state index in [9.17, 15) is 32.1 Å². The molecule has 2 amide bonds. The number of hydroxylamine groups is 2. The van der Waals surface area contributed by atoms with Gasteiger partial charge in [0.15, 0.2) is 4.90 Å². The Kier molecular flexibility index (Phi) is 9.51. The third-order valence-corrected chi connectivity index (χ3v) is 9.86. The molecular weight excluding hydrogens is 596 g/mol. The summed E-state index contributed by atoms with van der Waals surface area (Å²) in [5.74, 6) is -1.65. The molecule has 4 rings (SSSR count). The van der Waals surface area contributed by atoms with Crippen molar-refractivity contribution >= 4 is 67.2 Å². The Bertz CT molecular complexity index is 1630. The van der Waals surface area contributed by atoms with Gasteiger partial charge in [0.05, 0.1) is 16.9 Å². The standard InChI is InChI=1S/C25H28N4O9S3/c1-2-28(11-5-3-4-6-22(32)38-29-20(30)9-10-21(29)31)16-8-7-15-12-17(25(33)37-18(15)13-16)24-19(40(26)34)14-23(39-24)41(27,35)36/h7-8,12-14H,2-6,9-11,26H2,1H3,(H2,27,35,36). The van der Waals surface area contributed by atoms with Crippen molar-refractivity contribution in [3.8, 4) is 10.4 Å². The second-order valence-corrected chi connectivity index (χ2v) is 13.1. The van der Waals surface area contributed by atoms with Crippen LogP contribution in [0.25, 0.3) is 21.4 Å². The summed E-state index contributed by atoms with van der Waals surface area (Å²) in [5, 5.41) is 11.8. The summed E-state index contributed by atoms with van der Waals surface area (Å²) in [5.41, 5.74) is 0.375. The first-order chi connectivity index (χ1) is 19.4. The molecule has 1 aliphatic heterocycles. The topological polar surface area (TPSA) is 206 Å². The van der Waals surface area contributed by atoms with Gasteiger partial charge in [-0.2, -0.15) is 0 Å². The number of nitrogens with zero attached hydrogens (tertiary/aromatic N) is 2. The molecule has 2 aromatic heterocycles. The Balaban J connectivity index is 1.41. The predicted octanol–water partition coefficient (Wildman–Crippen LogP) is 2.14. The molecule has 0 aliphatic carbocycles. The van der Waals surface area contributed by atoms with Crippen LogP contribution in [0.3, 0.4) is 0 Å². The highest BCUT2D eigenvalue weighted by atomic mass is 32.2. The van der Waals surface area contributed by atoms with Gasteiger partial charge >= 0.3 is 11.6 Å². The van der Waals surface area contributed by atoms with Gasteiger partial charge in [0, 0.05) is 55.6 Å². The summed E-state index contributed by atoms with van der Waals surface area (Å²) in [6.07, 6.45) is 2.14. The molecule has 0 saturated carbocycles. The number of hydrogen-bond donors (Lipinski definition) is 2. The van der Waals surface area contributed by atoms with Gasteiger partial charge in [-0.25, -0.2) is 23.1 Å². The van der Waals surface area contributed by atoms with Crippen LogP contribution in [0.5, 0.6) is 0 Å². The lowest BCUT2D eigenvalue weighted by molar-refractivity contribution is -0.197. The number of carbonyl (C=O) groups excluding carboxylic acids is 3. The lowest BCUT2D eigenvalue weighted by Crippen LogP contribution is -2.31. The zero-order chi connectivity index (χ0) is 29.9. The van der Waals surface area contributed by atoms with Gasteiger partial charge in [0.2, 0.25) is 10.0 Å². The van der Waals surface area contributed by atoms with Gasteiger partial charge in [0.25, 0.3) is 11.8 Å². The third-order valence-electron chi connectivity index (χ3n) is 6.39. The fraction of sp³-hybridized carbons (Fsp3) is 0.360. The summed E-state index contributed by atoms with van der Waals surface area (Å²) in [4.78, 5) is 55.0.